The largest absolute Gasteiger partial charge is 0.496 e. The molecule has 4 nitrogen and oxygen atoms in total. The Morgan fingerprint density at radius 1 is 1.14 bits per heavy atom. The highest BCUT2D eigenvalue weighted by Crippen LogP contribution is 2.46. The minimum Gasteiger partial charge on any atom is -0.496 e. The van der Waals surface area contributed by atoms with E-state index < -0.39 is 6.10 Å². The van der Waals surface area contributed by atoms with Gasteiger partial charge in [0.1, 0.15) is 11.5 Å². The van der Waals surface area contributed by atoms with Crippen LogP contribution in [0.4, 0.5) is 0 Å². The highest BCUT2D eigenvalue weighted by Gasteiger charge is 2.33. The maximum atomic E-state index is 10.6. The van der Waals surface area contributed by atoms with E-state index in [1.54, 1.807) is 18.9 Å². The van der Waals surface area contributed by atoms with Crippen molar-refractivity contribution >= 4 is 11.8 Å². The van der Waals surface area contributed by atoms with E-state index >= 15 is 0 Å². The fourth-order valence-electron chi connectivity index (χ4n) is 3.71. The first-order chi connectivity index (χ1) is 13.5. The minimum absolute atomic E-state index is 0.0828. The van der Waals surface area contributed by atoms with Gasteiger partial charge in [-0.3, -0.25) is 0 Å². The van der Waals surface area contributed by atoms with E-state index in [0.29, 0.717) is 13.0 Å². The lowest BCUT2D eigenvalue weighted by molar-refractivity contribution is 0.146. The molecule has 28 heavy (non-hydrogen) atoms. The topological polar surface area (TPSA) is 58.9 Å². The Labute approximate surface area is 171 Å². The van der Waals surface area contributed by atoms with Crippen LogP contribution in [0.15, 0.2) is 36.4 Å². The molecule has 1 aliphatic rings. The normalized spacial score (nSPS) is 22.1. The number of benzene rings is 2. The van der Waals surface area contributed by atoms with Crippen LogP contribution in [0.2, 0.25) is 0 Å². The fraction of sp³-hybridized carbons (Fsp3) is 0.478. The van der Waals surface area contributed by atoms with E-state index in [9.17, 15) is 10.2 Å². The second-order valence-electron chi connectivity index (χ2n) is 7.28. The van der Waals surface area contributed by atoms with Crippen molar-refractivity contribution < 1.29 is 19.7 Å². The SMILES string of the molecule is CCOc1ccc(Cc2cc([C@@H]3S[C@H](CO)CC[C@H]3O)c(OC)cc2C)cc1. The average Bonchev–Trinajstić information content (AvgIpc) is 2.71. The third-order valence-corrected chi connectivity index (χ3v) is 6.93. The third kappa shape index (κ3) is 4.83. The van der Waals surface area contributed by atoms with Crippen LogP contribution >= 0.6 is 11.8 Å². The van der Waals surface area contributed by atoms with Gasteiger partial charge in [-0.1, -0.05) is 18.2 Å². The van der Waals surface area contributed by atoms with Crippen molar-refractivity contribution in [2.24, 2.45) is 0 Å². The molecule has 0 aliphatic carbocycles. The molecule has 0 radical (unpaired) electrons. The van der Waals surface area contributed by atoms with E-state index in [-0.39, 0.29) is 17.1 Å². The maximum absolute atomic E-state index is 10.6. The van der Waals surface area contributed by atoms with Crippen molar-refractivity contribution in [1.29, 1.82) is 0 Å². The van der Waals surface area contributed by atoms with E-state index in [2.05, 4.69) is 31.2 Å². The molecule has 0 bridgehead atoms. The van der Waals surface area contributed by atoms with Crippen molar-refractivity contribution in [3.63, 3.8) is 0 Å². The third-order valence-electron chi connectivity index (χ3n) is 5.30. The van der Waals surface area contributed by atoms with Gasteiger partial charge in [-0.25, -0.2) is 0 Å². The summed E-state index contributed by atoms with van der Waals surface area (Å²) in [5.74, 6) is 1.69. The Kier molecular flexibility index (Phi) is 7.27. The quantitative estimate of drug-likeness (QED) is 0.724. The van der Waals surface area contributed by atoms with Gasteiger partial charge in [0, 0.05) is 10.8 Å². The zero-order chi connectivity index (χ0) is 20.1. The standard InChI is InChI=1S/C23H30O4S/c1-4-27-18-7-5-16(6-8-18)12-17-13-20(22(26-3)11-15(17)2)23-21(25)10-9-19(14-24)28-23/h5-8,11,13,19,21,23-25H,4,9-10,12,14H2,1-3H3/t19-,21+,23-/m0/s1. The number of hydrogen-bond acceptors (Lipinski definition) is 5. The molecule has 2 aromatic carbocycles. The number of rotatable bonds is 7. The average molecular weight is 403 g/mol. The Balaban J connectivity index is 1.89. The van der Waals surface area contributed by atoms with Crippen LogP contribution in [-0.4, -0.2) is 41.9 Å². The molecule has 152 valence electrons. The molecule has 1 fully saturated rings. The lowest BCUT2D eigenvalue weighted by Crippen LogP contribution is -2.27. The fourth-order valence-corrected chi connectivity index (χ4v) is 5.14. The molecule has 2 aromatic rings. The van der Waals surface area contributed by atoms with Gasteiger partial charge in [0.15, 0.2) is 0 Å². The zero-order valence-corrected chi connectivity index (χ0v) is 17.7. The lowest BCUT2D eigenvalue weighted by Gasteiger charge is -2.33. The van der Waals surface area contributed by atoms with Gasteiger partial charge < -0.3 is 19.7 Å². The summed E-state index contributed by atoms with van der Waals surface area (Å²) in [5.41, 5.74) is 4.62. The Morgan fingerprint density at radius 2 is 1.89 bits per heavy atom. The van der Waals surface area contributed by atoms with E-state index in [4.69, 9.17) is 9.47 Å². The second kappa shape index (κ2) is 9.68. The minimum atomic E-state index is -0.428. The monoisotopic (exact) mass is 402 g/mol. The molecule has 1 aliphatic heterocycles. The molecular weight excluding hydrogens is 372 g/mol. The first kappa shape index (κ1) is 21.0. The van der Waals surface area contributed by atoms with Crippen molar-refractivity contribution in [2.75, 3.05) is 20.3 Å². The predicted octanol–water partition coefficient (Wildman–Crippen LogP) is 4.28. The van der Waals surface area contributed by atoms with Crippen molar-refractivity contribution in [1.82, 2.24) is 0 Å². The molecule has 2 N–H and O–H groups in total. The second-order valence-corrected chi connectivity index (χ2v) is 8.73. The molecule has 5 heteroatoms. The van der Waals surface area contributed by atoms with Crippen LogP contribution in [0.1, 0.15) is 47.3 Å². The van der Waals surface area contributed by atoms with Gasteiger partial charge in [-0.15, -0.1) is 11.8 Å². The summed E-state index contributed by atoms with van der Waals surface area (Å²) < 4.78 is 11.2. The molecule has 1 heterocycles. The van der Waals surface area contributed by atoms with Gasteiger partial charge in [-0.05, 0) is 68.0 Å². The Bertz CT molecular complexity index is 775. The highest BCUT2D eigenvalue weighted by atomic mass is 32.2. The molecule has 3 atom stereocenters. The van der Waals surface area contributed by atoms with Crippen molar-refractivity contribution in [3.05, 3.63) is 58.7 Å². The number of thioether (sulfide) groups is 1. The number of hydrogen-bond donors (Lipinski definition) is 2. The zero-order valence-electron chi connectivity index (χ0n) is 16.9. The smallest absolute Gasteiger partial charge is 0.123 e. The number of aliphatic hydroxyl groups excluding tert-OH is 2. The van der Waals surface area contributed by atoms with Gasteiger partial charge in [0.25, 0.3) is 0 Å². The van der Waals surface area contributed by atoms with Crippen LogP contribution in [0.25, 0.3) is 0 Å². The maximum Gasteiger partial charge on any atom is 0.123 e. The summed E-state index contributed by atoms with van der Waals surface area (Å²) in [7, 11) is 1.67. The van der Waals surface area contributed by atoms with Gasteiger partial charge in [-0.2, -0.15) is 0 Å². The van der Waals surface area contributed by atoms with Crippen molar-refractivity contribution in [2.45, 2.75) is 49.7 Å². The molecule has 3 rings (SSSR count). The molecule has 1 saturated heterocycles. The molecule has 0 spiro atoms. The summed E-state index contributed by atoms with van der Waals surface area (Å²) in [4.78, 5) is 0. The predicted molar refractivity (Wildman–Crippen MR) is 115 cm³/mol. The van der Waals surface area contributed by atoms with Gasteiger partial charge in [0.05, 0.1) is 31.7 Å². The first-order valence-electron chi connectivity index (χ1n) is 9.89. The molecule has 0 unspecified atom stereocenters. The molecule has 0 amide bonds. The molecular formula is C23H30O4S. The Morgan fingerprint density at radius 3 is 2.54 bits per heavy atom. The van der Waals surface area contributed by atoms with E-state index in [1.165, 1.54) is 16.7 Å². The first-order valence-corrected chi connectivity index (χ1v) is 10.8. The summed E-state index contributed by atoms with van der Waals surface area (Å²) in [6.07, 6.45) is 1.93. The van der Waals surface area contributed by atoms with Crippen LogP contribution < -0.4 is 9.47 Å². The summed E-state index contributed by atoms with van der Waals surface area (Å²) in [6, 6.07) is 12.4. The summed E-state index contributed by atoms with van der Waals surface area (Å²) in [6.45, 7) is 4.88. The number of methoxy groups -OCH3 is 1. The summed E-state index contributed by atoms with van der Waals surface area (Å²) >= 11 is 1.65. The summed E-state index contributed by atoms with van der Waals surface area (Å²) in [5, 5.41) is 20.3. The number of aliphatic hydroxyl groups is 2. The molecule has 0 aromatic heterocycles. The van der Waals surface area contributed by atoms with Gasteiger partial charge in [0.2, 0.25) is 0 Å². The number of ether oxygens (including phenoxy) is 2. The Hall–Kier alpha value is -1.69. The molecule has 0 saturated carbocycles. The number of aryl methyl sites for hydroxylation is 1. The van der Waals surface area contributed by atoms with E-state index in [0.717, 1.165) is 29.9 Å². The van der Waals surface area contributed by atoms with Crippen LogP contribution in [0.3, 0.4) is 0 Å². The van der Waals surface area contributed by atoms with E-state index in [1.807, 2.05) is 19.1 Å². The van der Waals surface area contributed by atoms with Crippen LogP contribution in [-0.2, 0) is 6.42 Å². The highest BCUT2D eigenvalue weighted by molar-refractivity contribution is 8.00. The van der Waals surface area contributed by atoms with Crippen LogP contribution in [0.5, 0.6) is 11.5 Å². The van der Waals surface area contributed by atoms with Crippen molar-refractivity contribution in [3.8, 4) is 11.5 Å². The lowest BCUT2D eigenvalue weighted by atomic mass is 9.93. The van der Waals surface area contributed by atoms with Gasteiger partial charge >= 0.3 is 0 Å². The van der Waals surface area contributed by atoms with Crippen LogP contribution in [0, 0.1) is 6.92 Å².